The van der Waals surface area contributed by atoms with Crippen LogP contribution >= 0.6 is 0 Å². The SMILES string of the molecule is CCCOc1ccccc1NS(=O)(=O)c1ccc2c(c1)CCC(=O)N2. The van der Waals surface area contributed by atoms with Gasteiger partial charge in [-0.1, -0.05) is 19.1 Å². The summed E-state index contributed by atoms with van der Waals surface area (Å²) in [5.41, 5.74) is 1.89. The number of ether oxygens (including phenoxy) is 1. The van der Waals surface area contributed by atoms with Gasteiger partial charge in [0.25, 0.3) is 10.0 Å². The number of sulfonamides is 1. The van der Waals surface area contributed by atoms with Gasteiger partial charge in [0.1, 0.15) is 5.75 Å². The maximum atomic E-state index is 12.7. The Bertz CT molecular complexity index is 894. The average Bonchev–Trinajstić information content (AvgIpc) is 2.60. The predicted molar refractivity (Wildman–Crippen MR) is 96.4 cm³/mol. The molecular formula is C18H20N2O4S. The minimum Gasteiger partial charge on any atom is -0.491 e. The Morgan fingerprint density at radius 1 is 1.16 bits per heavy atom. The van der Waals surface area contributed by atoms with Gasteiger partial charge in [0.2, 0.25) is 5.91 Å². The van der Waals surface area contributed by atoms with Gasteiger partial charge >= 0.3 is 0 Å². The number of aryl methyl sites for hydroxylation is 1. The highest BCUT2D eigenvalue weighted by Crippen LogP contribution is 2.29. The van der Waals surface area contributed by atoms with E-state index in [-0.39, 0.29) is 10.8 Å². The van der Waals surface area contributed by atoms with Crippen LogP contribution in [0.15, 0.2) is 47.4 Å². The molecule has 1 aliphatic rings. The molecule has 132 valence electrons. The van der Waals surface area contributed by atoms with E-state index in [2.05, 4.69) is 10.0 Å². The molecule has 2 aromatic carbocycles. The summed E-state index contributed by atoms with van der Waals surface area (Å²) < 4.78 is 33.6. The zero-order valence-electron chi connectivity index (χ0n) is 13.9. The molecule has 25 heavy (non-hydrogen) atoms. The lowest BCUT2D eigenvalue weighted by molar-refractivity contribution is -0.116. The Kier molecular flexibility index (Phi) is 4.94. The van der Waals surface area contributed by atoms with Crippen molar-refractivity contribution in [2.75, 3.05) is 16.6 Å². The molecule has 0 spiro atoms. The lowest BCUT2D eigenvalue weighted by atomic mass is 10.0. The Morgan fingerprint density at radius 2 is 1.96 bits per heavy atom. The first kappa shape index (κ1) is 17.3. The number of amides is 1. The second kappa shape index (κ2) is 7.14. The molecule has 0 aromatic heterocycles. The van der Waals surface area contributed by atoms with E-state index in [0.29, 0.717) is 36.6 Å². The van der Waals surface area contributed by atoms with Crippen molar-refractivity contribution in [2.45, 2.75) is 31.1 Å². The first-order valence-corrected chi connectivity index (χ1v) is 9.65. The van der Waals surface area contributed by atoms with Crippen molar-refractivity contribution in [1.29, 1.82) is 0 Å². The Morgan fingerprint density at radius 3 is 2.76 bits per heavy atom. The summed E-state index contributed by atoms with van der Waals surface area (Å²) in [5.74, 6) is 0.446. The van der Waals surface area contributed by atoms with E-state index in [1.165, 1.54) is 6.07 Å². The van der Waals surface area contributed by atoms with E-state index in [4.69, 9.17) is 4.74 Å². The van der Waals surface area contributed by atoms with Crippen molar-refractivity contribution in [1.82, 2.24) is 0 Å². The van der Waals surface area contributed by atoms with Crippen LogP contribution in [0.4, 0.5) is 11.4 Å². The lowest BCUT2D eigenvalue weighted by Crippen LogP contribution is -2.20. The Labute approximate surface area is 147 Å². The predicted octanol–water partition coefficient (Wildman–Crippen LogP) is 3.16. The molecule has 0 saturated carbocycles. The average molecular weight is 360 g/mol. The van der Waals surface area contributed by atoms with Crippen LogP contribution in [-0.2, 0) is 21.2 Å². The van der Waals surface area contributed by atoms with E-state index < -0.39 is 10.0 Å². The molecule has 2 N–H and O–H groups in total. The third-order valence-electron chi connectivity index (χ3n) is 3.88. The molecule has 3 rings (SSSR count). The fourth-order valence-corrected chi connectivity index (χ4v) is 3.74. The molecule has 0 radical (unpaired) electrons. The second-order valence-electron chi connectivity index (χ2n) is 5.82. The van der Waals surface area contributed by atoms with E-state index in [9.17, 15) is 13.2 Å². The number of nitrogens with one attached hydrogen (secondary N) is 2. The largest absolute Gasteiger partial charge is 0.491 e. The summed E-state index contributed by atoms with van der Waals surface area (Å²) in [6, 6.07) is 11.7. The van der Waals surface area contributed by atoms with E-state index in [1.54, 1.807) is 36.4 Å². The number of fused-ring (bicyclic) bond motifs is 1. The minimum absolute atomic E-state index is 0.0526. The highest BCUT2D eigenvalue weighted by atomic mass is 32.2. The summed E-state index contributed by atoms with van der Waals surface area (Å²) in [7, 11) is -3.75. The van der Waals surface area contributed by atoms with Crippen molar-refractivity contribution in [3.63, 3.8) is 0 Å². The highest BCUT2D eigenvalue weighted by molar-refractivity contribution is 7.92. The molecule has 1 amide bonds. The van der Waals surface area contributed by atoms with Crippen molar-refractivity contribution in [2.24, 2.45) is 0 Å². The van der Waals surface area contributed by atoms with Gasteiger partial charge in [-0.05, 0) is 48.7 Å². The monoisotopic (exact) mass is 360 g/mol. The van der Waals surface area contributed by atoms with Gasteiger partial charge in [-0.15, -0.1) is 0 Å². The molecule has 0 aliphatic carbocycles. The van der Waals surface area contributed by atoms with Crippen LogP contribution in [0.2, 0.25) is 0 Å². The number of hydrogen-bond donors (Lipinski definition) is 2. The lowest BCUT2D eigenvalue weighted by Gasteiger charge is -2.18. The molecular weight excluding hydrogens is 340 g/mol. The van der Waals surface area contributed by atoms with Gasteiger partial charge in [0.15, 0.2) is 0 Å². The summed E-state index contributed by atoms with van der Waals surface area (Å²) in [4.78, 5) is 11.6. The zero-order valence-corrected chi connectivity index (χ0v) is 14.7. The quantitative estimate of drug-likeness (QED) is 0.829. The second-order valence-corrected chi connectivity index (χ2v) is 7.50. The first-order valence-electron chi connectivity index (χ1n) is 8.17. The van der Waals surface area contributed by atoms with Gasteiger partial charge < -0.3 is 10.1 Å². The first-order chi connectivity index (χ1) is 12.0. The normalized spacial score (nSPS) is 13.7. The van der Waals surface area contributed by atoms with E-state index in [0.717, 1.165) is 12.0 Å². The van der Waals surface area contributed by atoms with Crippen LogP contribution in [0.25, 0.3) is 0 Å². The van der Waals surface area contributed by atoms with Crippen LogP contribution in [0, 0.1) is 0 Å². The number of benzene rings is 2. The van der Waals surface area contributed by atoms with Crippen LogP contribution in [0.5, 0.6) is 5.75 Å². The minimum atomic E-state index is -3.75. The third kappa shape index (κ3) is 3.93. The van der Waals surface area contributed by atoms with Crippen LogP contribution in [0.3, 0.4) is 0 Å². The molecule has 0 fully saturated rings. The summed E-state index contributed by atoms with van der Waals surface area (Å²) in [6.07, 6.45) is 1.72. The molecule has 0 atom stereocenters. The smallest absolute Gasteiger partial charge is 0.262 e. The van der Waals surface area contributed by atoms with Crippen LogP contribution < -0.4 is 14.8 Å². The highest BCUT2D eigenvalue weighted by Gasteiger charge is 2.21. The molecule has 0 saturated heterocycles. The number of para-hydroxylation sites is 2. The van der Waals surface area contributed by atoms with Crippen molar-refractivity contribution in [3.8, 4) is 5.75 Å². The molecule has 0 unspecified atom stereocenters. The zero-order chi connectivity index (χ0) is 17.9. The molecule has 2 aromatic rings. The number of carbonyl (C=O) groups excluding carboxylic acids is 1. The molecule has 7 heteroatoms. The third-order valence-corrected chi connectivity index (χ3v) is 5.24. The van der Waals surface area contributed by atoms with Gasteiger partial charge in [0, 0.05) is 12.1 Å². The van der Waals surface area contributed by atoms with Crippen molar-refractivity contribution < 1.29 is 17.9 Å². The van der Waals surface area contributed by atoms with Gasteiger partial charge in [0.05, 0.1) is 17.2 Å². The van der Waals surface area contributed by atoms with Crippen LogP contribution in [0.1, 0.15) is 25.3 Å². The van der Waals surface area contributed by atoms with E-state index >= 15 is 0 Å². The molecule has 1 heterocycles. The summed E-state index contributed by atoms with van der Waals surface area (Å²) in [5, 5.41) is 2.75. The van der Waals surface area contributed by atoms with Crippen molar-refractivity contribution in [3.05, 3.63) is 48.0 Å². The topological polar surface area (TPSA) is 84.5 Å². The van der Waals surface area contributed by atoms with E-state index in [1.807, 2.05) is 6.92 Å². The number of anilines is 2. The summed E-state index contributed by atoms with van der Waals surface area (Å²) >= 11 is 0. The van der Waals surface area contributed by atoms with Gasteiger partial charge in [-0.3, -0.25) is 9.52 Å². The molecule has 0 bridgehead atoms. The molecule has 1 aliphatic heterocycles. The standard InChI is InChI=1S/C18H20N2O4S/c1-2-11-24-17-6-4-3-5-16(17)20-25(22,23)14-8-9-15-13(12-14)7-10-18(21)19-15/h3-6,8-9,12,20H,2,7,10-11H2,1H3,(H,19,21). The molecule has 6 nitrogen and oxygen atoms in total. The summed E-state index contributed by atoms with van der Waals surface area (Å²) in [6.45, 7) is 2.50. The Balaban J connectivity index is 1.87. The van der Waals surface area contributed by atoms with Gasteiger partial charge in [-0.2, -0.15) is 0 Å². The number of carbonyl (C=O) groups is 1. The number of hydrogen-bond acceptors (Lipinski definition) is 4. The van der Waals surface area contributed by atoms with Crippen molar-refractivity contribution >= 4 is 27.3 Å². The number of rotatable bonds is 6. The Hall–Kier alpha value is -2.54. The maximum absolute atomic E-state index is 12.7. The fraction of sp³-hybridized carbons (Fsp3) is 0.278. The fourth-order valence-electron chi connectivity index (χ4n) is 2.62. The van der Waals surface area contributed by atoms with Gasteiger partial charge in [-0.25, -0.2) is 8.42 Å². The maximum Gasteiger partial charge on any atom is 0.262 e. The van der Waals surface area contributed by atoms with Crippen LogP contribution in [-0.4, -0.2) is 20.9 Å².